The zero-order valence-electron chi connectivity index (χ0n) is 8.31. The number of fused-ring (bicyclic) bond motifs is 1. The van der Waals surface area contributed by atoms with Crippen molar-refractivity contribution in [3.8, 4) is 0 Å². The van der Waals surface area contributed by atoms with Crippen LogP contribution in [-0.2, 0) is 0 Å². The van der Waals surface area contributed by atoms with Crippen molar-refractivity contribution in [2.75, 3.05) is 6.61 Å². The minimum absolute atomic E-state index is 0. The lowest BCUT2D eigenvalue weighted by atomic mass is 10.0. The second-order valence-corrected chi connectivity index (χ2v) is 3.44. The summed E-state index contributed by atoms with van der Waals surface area (Å²) in [7, 11) is 0. The Hall–Kier alpha value is -1.03. The van der Waals surface area contributed by atoms with E-state index in [1.807, 2.05) is 30.5 Å². The van der Waals surface area contributed by atoms with Crippen molar-refractivity contribution in [3.05, 3.63) is 36.0 Å². The van der Waals surface area contributed by atoms with Crippen LogP contribution in [0.15, 0.2) is 30.5 Å². The Kier molecular flexibility index (Phi) is 4.15. The summed E-state index contributed by atoms with van der Waals surface area (Å²) in [4.78, 5) is 3.14. The van der Waals surface area contributed by atoms with E-state index in [0.29, 0.717) is 6.42 Å². The number of nitrogens with two attached hydrogens (primary N) is 1. The summed E-state index contributed by atoms with van der Waals surface area (Å²) in [5, 5.41) is 9.97. The Bertz CT molecular complexity index is 427. The van der Waals surface area contributed by atoms with Gasteiger partial charge in [-0.05, 0) is 29.5 Å². The zero-order chi connectivity index (χ0) is 9.97. The average Bonchev–Trinajstić information content (AvgIpc) is 2.64. The third kappa shape index (κ3) is 2.50. The quantitative estimate of drug-likeness (QED) is 0.750. The molecule has 0 unspecified atom stereocenters. The third-order valence-electron chi connectivity index (χ3n) is 2.45. The van der Waals surface area contributed by atoms with E-state index in [9.17, 15) is 0 Å². The summed E-state index contributed by atoms with van der Waals surface area (Å²) in [5.74, 6) is 0. The SMILES string of the molecule is Cl.N[C@H](CCO)c1ccc2cc[nH]c2c1. The predicted molar refractivity (Wildman–Crippen MR) is 64.2 cm³/mol. The van der Waals surface area contributed by atoms with E-state index in [-0.39, 0.29) is 25.1 Å². The van der Waals surface area contributed by atoms with Crippen LogP contribution in [0.5, 0.6) is 0 Å². The Labute approximate surface area is 94.7 Å². The average molecular weight is 227 g/mol. The molecule has 0 saturated heterocycles. The monoisotopic (exact) mass is 226 g/mol. The molecule has 2 aromatic rings. The molecular weight excluding hydrogens is 212 g/mol. The fraction of sp³-hybridized carbons (Fsp3) is 0.273. The molecule has 0 amide bonds. The van der Waals surface area contributed by atoms with Gasteiger partial charge in [0.2, 0.25) is 0 Å². The number of H-pyrrole nitrogens is 1. The summed E-state index contributed by atoms with van der Waals surface area (Å²) in [6.07, 6.45) is 2.51. The van der Waals surface area contributed by atoms with Gasteiger partial charge in [-0.2, -0.15) is 0 Å². The zero-order valence-corrected chi connectivity index (χ0v) is 9.13. The van der Waals surface area contributed by atoms with Crippen LogP contribution < -0.4 is 5.73 Å². The van der Waals surface area contributed by atoms with E-state index in [1.165, 1.54) is 5.39 Å². The summed E-state index contributed by atoms with van der Waals surface area (Å²) in [5.41, 5.74) is 8.05. The molecule has 4 N–H and O–H groups in total. The van der Waals surface area contributed by atoms with Crippen molar-refractivity contribution in [1.82, 2.24) is 4.98 Å². The van der Waals surface area contributed by atoms with Gasteiger partial charge in [0.25, 0.3) is 0 Å². The fourth-order valence-electron chi connectivity index (χ4n) is 1.60. The minimum Gasteiger partial charge on any atom is -0.396 e. The van der Waals surface area contributed by atoms with Gasteiger partial charge < -0.3 is 15.8 Å². The summed E-state index contributed by atoms with van der Waals surface area (Å²) in [6.45, 7) is 0.129. The number of hydrogen-bond acceptors (Lipinski definition) is 2. The topological polar surface area (TPSA) is 62.0 Å². The lowest BCUT2D eigenvalue weighted by Crippen LogP contribution is -2.11. The van der Waals surface area contributed by atoms with Crippen molar-refractivity contribution in [2.45, 2.75) is 12.5 Å². The summed E-state index contributed by atoms with van der Waals surface area (Å²) in [6, 6.07) is 8.04. The second kappa shape index (κ2) is 5.16. The summed E-state index contributed by atoms with van der Waals surface area (Å²) < 4.78 is 0. The van der Waals surface area contributed by atoms with Gasteiger partial charge in [-0.3, -0.25) is 0 Å². The van der Waals surface area contributed by atoms with Gasteiger partial charge in [-0.25, -0.2) is 0 Å². The maximum absolute atomic E-state index is 8.78. The van der Waals surface area contributed by atoms with Crippen LogP contribution in [0.3, 0.4) is 0 Å². The molecule has 0 radical (unpaired) electrons. The normalized spacial score (nSPS) is 12.4. The molecule has 1 heterocycles. The van der Waals surface area contributed by atoms with Crippen molar-refractivity contribution in [1.29, 1.82) is 0 Å². The largest absolute Gasteiger partial charge is 0.396 e. The van der Waals surface area contributed by atoms with E-state index < -0.39 is 0 Å². The van der Waals surface area contributed by atoms with Gasteiger partial charge in [-0.1, -0.05) is 12.1 Å². The molecule has 1 atom stereocenters. The van der Waals surface area contributed by atoms with Gasteiger partial charge in [0.1, 0.15) is 0 Å². The lowest BCUT2D eigenvalue weighted by Gasteiger charge is -2.09. The number of hydrogen-bond donors (Lipinski definition) is 3. The first-order chi connectivity index (χ1) is 6.81. The van der Waals surface area contributed by atoms with Crippen LogP contribution >= 0.6 is 12.4 Å². The number of aliphatic hydroxyl groups excluding tert-OH is 1. The second-order valence-electron chi connectivity index (χ2n) is 3.44. The van der Waals surface area contributed by atoms with E-state index >= 15 is 0 Å². The van der Waals surface area contributed by atoms with Crippen LogP contribution in [-0.4, -0.2) is 16.7 Å². The Morgan fingerprint density at radius 1 is 1.33 bits per heavy atom. The number of benzene rings is 1. The van der Waals surface area contributed by atoms with Crippen molar-refractivity contribution >= 4 is 23.3 Å². The van der Waals surface area contributed by atoms with Crippen LogP contribution in [0.25, 0.3) is 10.9 Å². The first kappa shape index (κ1) is 12.0. The van der Waals surface area contributed by atoms with Gasteiger partial charge in [0.05, 0.1) is 0 Å². The number of halogens is 1. The molecule has 0 aliphatic rings. The molecule has 0 fully saturated rings. The van der Waals surface area contributed by atoms with Crippen LogP contribution in [0.4, 0.5) is 0 Å². The Morgan fingerprint density at radius 2 is 2.13 bits per heavy atom. The van der Waals surface area contributed by atoms with Crippen LogP contribution in [0.2, 0.25) is 0 Å². The summed E-state index contributed by atoms with van der Waals surface area (Å²) >= 11 is 0. The van der Waals surface area contributed by atoms with Crippen molar-refractivity contribution in [2.24, 2.45) is 5.73 Å². The molecule has 82 valence electrons. The fourth-order valence-corrected chi connectivity index (χ4v) is 1.60. The molecule has 0 saturated carbocycles. The number of rotatable bonds is 3. The molecule has 15 heavy (non-hydrogen) atoms. The lowest BCUT2D eigenvalue weighted by molar-refractivity contribution is 0.276. The van der Waals surface area contributed by atoms with Crippen LogP contribution in [0, 0.1) is 0 Å². The molecule has 0 bridgehead atoms. The molecule has 0 spiro atoms. The highest BCUT2D eigenvalue weighted by atomic mass is 35.5. The van der Waals surface area contributed by atoms with Crippen molar-refractivity contribution in [3.63, 3.8) is 0 Å². The Balaban J connectivity index is 0.00000112. The minimum atomic E-state index is -0.0762. The van der Waals surface area contributed by atoms with Gasteiger partial charge in [0, 0.05) is 24.4 Å². The molecular formula is C11H15ClN2O. The molecule has 1 aromatic heterocycles. The standard InChI is InChI=1S/C11H14N2O.ClH/c12-10(4-6-14)9-2-1-8-3-5-13-11(8)7-9;/h1-3,5,7,10,13-14H,4,6,12H2;1H/t10-;/m1./s1. The molecule has 3 nitrogen and oxygen atoms in total. The molecule has 4 heteroatoms. The van der Waals surface area contributed by atoms with E-state index in [1.54, 1.807) is 0 Å². The predicted octanol–water partition coefficient (Wildman–Crippen LogP) is 1.97. The highest BCUT2D eigenvalue weighted by Crippen LogP contribution is 2.19. The van der Waals surface area contributed by atoms with Gasteiger partial charge in [0.15, 0.2) is 0 Å². The molecule has 0 aliphatic carbocycles. The van der Waals surface area contributed by atoms with E-state index in [2.05, 4.69) is 4.98 Å². The first-order valence-corrected chi connectivity index (χ1v) is 4.75. The third-order valence-corrected chi connectivity index (χ3v) is 2.45. The maximum atomic E-state index is 8.78. The van der Waals surface area contributed by atoms with Gasteiger partial charge >= 0.3 is 0 Å². The number of aromatic nitrogens is 1. The number of aliphatic hydroxyl groups is 1. The maximum Gasteiger partial charge on any atom is 0.0457 e. The van der Waals surface area contributed by atoms with E-state index in [4.69, 9.17) is 10.8 Å². The highest BCUT2D eigenvalue weighted by molar-refractivity contribution is 5.85. The molecule has 1 aromatic carbocycles. The smallest absolute Gasteiger partial charge is 0.0457 e. The number of aromatic amines is 1. The van der Waals surface area contributed by atoms with Crippen molar-refractivity contribution < 1.29 is 5.11 Å². The first-order valence-electron chi connectivity index (χ1n) is 4.75. The Morgan fingerprint density at radius 3 is 2.87 bits per heavy atom. The van der Waals surface area contributed by atoms with Gasteiger partial charge in [-0.15, -0.1) is 12.4 Å². The molecule has 0 aliphatic heterocycles. The van der Waals surface area contributed by atoms with Crippen LogP contribution in [0.1, 0.15) is 18.0 Å². The highest BCUT2D eigenvalue weighted by Gasteiger charge is 2.05. The molecule has 2 rings (SSSR count). The number of nitrogens with one attached hydrogen (secondary N) is 1. The van der Waals surface area contributed by atoms with E-state index in [0.717, 1.165) is 11.1 Å².